The summed E-state index contributed by atoms with van der Waals surface area (Å²) in [4.78, 5) is 16.2. The molecule has 0 bridgehead atoms. The van der Waals surface area contributed by atoms with Crippen LogP contribution in [0.15, 0.2) is 58.6 Å². The zero-order valence-electron chi connectivity index (χ0n) is 18.9. The van der Waals surface area contributed by atoms with Crippen molar-refractivity contribution in [1.82, 2.24) is 15.6 Å². The van der Waals surface area contributed by atoms with Crippen molar-refractivity contribution >= 4 is 28.7 Å². The number of hydrazone groups is 1. The maximum atomic E-state index is 14.7. The van der Waals surface area contributed by atoms with Crippen molar-refractivity contribution in [3.63, 3.8) is 0 Å². The Morgan fingerprint density at radius 3 is 2.71 bits per heavy atom. The Balaban J connectivity index is 2.08. The van der Waals surface area contributed by atoms with Crippen molar-refractivity contribution in [2.45, 2.75) is 24.3 Å². The molecule has 0 radical (unpaired) electrons. The average molecular weight is 487 g/mol. The van der Waals surface area contributed by atoms with Gasteiger partial charge in [0.15, 0.2) is 6.19 Å². The lowest BCUT2D eigenvalue weighted by Gasteiger charge is -2.37. The number of aliphatic imine (C=N–C) groups is 1. The summed E-state index contributed by atoms with van der Waals surface area (Å²) >= 11 is 1.15. The highest BCUT2D eigenvalue weighted by molar-refractivity contribution is 8.15. The van der Waals surface area contributed by atoms with Crippen molar-refractivity contribution < 1.29 is 18.3 Å². The molecule has 0 aliphatic carbocycles. The minimum absolute atomic E-state index is 0.0411. The first-order chi connectivity index (χ1) is 16.4. The van der Waals surface area contributed by atoms with Crippen molar-refractivity contribution in [3.8, 4) is 6.19 Å². The number of nitrogens with one attached hydrogen (secondary N) is 2. The number of nitriles is 1. The van der Waals surface area contributed by atoms with Crippen molar-refractivity contribution in [1.29, 1.82) is 5.26 Å². The minimum atomic E-state index is -1.10. The van der Waals surface area contributed by atoms with Gasteiger partial charge in [0.25, 0.3) is 5.91 Å². The third kappa shape index (κ3) is 5.18. The molecular weight excluding hydrogens is 462 g/mol. The van der Waals surface area contributed by atoms with Gasteiger partial charge in [-0.1, -0.05) is 42.1 Å². The fourth-order valence-corrected chi connectivity index (χ4v) is 4.81. The number of thioether (sulfide) groups is 1. The number of methoxy groups -OCH3 is 1. The summed E-state index contributed by atoms with van der Waals surface area (Å²) < 4.78 is 33.9. The van der Waals surface area contributed by atoms with E-state index in [1.165, 1.54) is 19.2 Å². The van der Waals surface area contributed by atoms with Crippen LogP contribution in [-0.2, 0) is 14.4 Å². The molecule has 34 heavy (non-hydrogen) atoms. The maximum absolute atomic E-state index is 14.7. The van der Waals surface area contributed by atoms with Gasteiger partial charge in [-0.3, -0.25) is 15.1 Å². The highest BCUT2D eigenvalue weighted by atomic mass is 32.2. The molecule has 0 fully saturated rings. The van der Waals surface area contributed by atoms with Gasteiger partial charge >= 0.3 is 0 Å². The number of carbonyl (C=O) groups excluding carboxylic acids is 1. The quantitative estimate of drug-likeness (QED) is 0.270. The highest BCUT2D eigenvalue weighted by Gasteiger charge is 2.49. The fraction of sp³-hybridized carbons (Fsp3) is 0.304. The van der Waals surface area contributed by atoms with E-state index in [1.54, 1.807) is 13.1 Å². The largest absolute Gasteiger partial charge is 0.372 e. The Bertz CT molecular complexity index is 1140. The highest BCUT2D eigenvalue weighted by Crippen LogP contribution is 2.50. The normalized spacial score (nSPS) is 18.8. The van der Waals surface area contributed by atoms with Crippen LogP contribution in [0.2, 0.25) is 0 Å². The summed E-state index contributed by atoms with van der Waals surface area (Å²) in [7, 11) is 2.93. The molecule has 2 atom stereocenters. The lowest BCUT2D eigenvalue weighted by molar-refractivity contribution is -0.144. The molecule has 1 aliphatic rings. The summed E-state index contributed by atoms with van der Waals surface area (Å²) in [6.45, 7) is 1.87. The number of halogens is 2. The Hall–Kier alpha value is -3.49. The van der Waals surface area contributed by atoms with Crippen LogP contribution in [0.3, 0.4) is 0 Å². The van der Waals surface area contributed by atoms with E-state index < -0.39 is 28.5 Å². The summed E-state index contributed by atoms with van der Waals surface area (Å²) in [5.74, 6) is -1.45. The van der Waals surface area contributed by atoms with Crippen molar-refractivity contribution in [2.24, 2.45) is 10.1 Å². The molecule has 0 saturated carbocycles. The van der Waals surface area contributed by atoms with E-state index in [0.717, 1.165) is 35.5 Å². The van der Waals surface area contributed by atoms with Gasteiger partial charge in [0.2, 0.25) is 5.96 Å². The van der Waals surface area contributed by atoms with Crippen LogP contribution in [-0.4, -0.2) is 48.7 Å². The summed E-state index contributed by atoms with van der Waals surface area (Å²) in [5, 5.41) is 20.2. The first-order valence-electron chi connectivity index (χ1n) is 10.4. The molecule has 178 valence electrons. The van der Waals surface area contributed by atoms with Crippen LogP contribution in [0.25, 0.3) is 0 Å². The van der Waals surface area contributed by atoms with E-state index in [4.69, 9.17) is 10.00 Å². The lowest BCUT2D eigenvalue weighted by Crippen LogP contribution is -2.48. The number of rotatable bonds is 7. The molecule has 1 unspecified atom stereocenters. The number of guanidine groups is 1. The predicted molar refractivity (Wildman–Crippen MR) is 127 cm³/mol. The van der Waals surface area contributed by atoms with E-state index in [2.05, 4.69) is 20.7 Å². The second kappa shape index (κ2) is 11.1. The molecule has 2 aromatic rings. The Kier molecular flexibility index (Phi) is 8.20. The van der Waals surface area contributed by atoms with Crippen LogP contribution in [0.4, 0.5) is 8.78 Å². The molecule has 1 heterocycles. The molecule has 11 heteroatoms. The molecule has 0 spiro atoms. The second-order valence-electron chi connectivity index (χ2n) is 7.30. The third-order valence-electron chi connectivity index (χ3n) is 5.25. The topological polar surface area (TPSA) is 102 Å². The summed E-state index contributed by atoms with van der Waals surface area (Å²) in [5.41, 5.74) is 0.692. The average Bonchev–Trinajstić information content (AvgIpc) is 3.25. The van der Waals surface area contributed by atoms with Gasteiger partial charge in [-0.15, -0.1) is 0 Å². The van der Waals surface area contributed by atoms with Crippen LogP contribution < -0.4 is 10.6 Å². The third-order valence-corrected chi connectivity index (χ3v) is 6.69. The van der Waals surface area contributed by atoms with E-state index >= 15 is 0 Å². The molecule has 1 aliphatic heterocycles. The number of nitrogens with zero attached hydrogens (tertiary/aromatic N) is 4. The smallest absolute Gasteiger partial charge is 0.273 e. The Morgan fingerprint density at radius 1 is 1.32 bits per heavy atom. The standard InChI is InChI=1S/C23H24F2N6O2S/c1-15(33-3)21(32)31-23(16-7-5-4-6-8-16,11-12-28-22(27-2)29-14-26)34-20(30-31)18-13-17(24)9-10-19(18)25/h4-10,13,15H,11-12H2,1-3H3,(H2,27,28,29)/t15-,23?/m0/s1. The number of hydrogen-bond donors (Lipinski definition) is 2. The maximum Gasteiger partial charge on any atom is 0.273 e. The predicted octanol–water partition coefficient (Wildman–Crippen LogP) is 3.13. The van der Waals surface area contributed by atoms with Gasteiger partial charge in [-0.05, 0) is 30.7 Å². The number of amides is 1. The van der Waals surface area contributed by atoms with E-state index in [9.17, 15) is 13.6 Å². The van der Waals surface area contributed by atoms with E-state index in [-0.39, 0.29) is 23.1 Å². The molecule has 2 aromatic carbocycles. The van der Waals surface area contributed by atoms with Gasteiger partial charge in [0.1, 0.15) is 27.7 Å². The monoisotopic (exact) mass is 486 g/mol. The summed E-state index contributed by atoms with van der Waals surface area (Å²) in [6, 6.07) is 12.3. The van der Waals surface area contributed by atoms with Gasteiger partial charge in [0, 0.05) is 32.7 Å². The number of ether oxygens (including phenoxy) is 1. The van der Waals surface area contributed by atoms with Gasteiger partial charge < -0.3 is 10.1 Å². The van der Waals surface area contributed by atoms with Crippen LogP contribution >= 0.6 is 11.8 Å². The molecule has 3 rings (SSSR count). The fourth-order valence-electron chi connectivity index (χ4n) is 3.43. The SMILES string of the molecule is CN=C(NC#N)NCCC1(c2ccccc2)SC(c2cc(F)ccc2F)=NN1C(=O)[C@H](C)OC. The Labute approximate surface area is 200 Å². The zero-order valence-corrected chi connectivity index (χ0v) is 19.7. The van der Waals surface area contributed by atoms with Gasteiger partial charge in [-0.2, -0.15) is 10.4 Å². The molecule has 8 nitrogen and oxygen atoms in total. The minimum Gasteiger partial charge on any atom is -0.372 e. The number of carbonyl (C=O) groups is 1. The molecular formula is C23H24F2N6O2S. The lowest BCUT2D eigenvalue weighted by atomic mass is 10.0. The first-order valence-corrected chi connectivity index (χ1v) is 11.2. The first kappa shape index (κ1) is 25.1. The Morgan fingerprint density at radius 2 is 2.06 bits per heavy atom. The molecule has 1 amide bonds. The van der Waals surface area contributed by atoms with Crippen molar-refractivity contribution in [3.05, 3.63) is 71.3 Å². The molecule has 0 saturated heterocycles. The van der Waals surface area contributed by atoms with Crippen LogP contribution in [0, 0.1) is 23.1 Å². The summed E-state index contributed by atoms with van der Waals surface area (Å²) in [6.07, 6.45) is 1.26. The van der Waals surface area contributed by atoms with Gasteiger partial charge in [-0.25, -0.2) is 13.8 Å². The molecule has 2 N–H and O–H groups in total. The van der Waals surface area contributed by atoms with E-state index in [0.29, 0.717) is 6.42 Å². The van der Waals surface area contributed by atoms with Crippen LogP contribution in [0.5, 0.6) is 0 Å². The second-order valence-corrected chi connectivity index (χ2v) is 8.56. The number of hydrogen-bond acceptors (Lipinski definition) is 6. The number of benzene rings is 2. The zero-order chi connectivity index (χ0) is 24.7. The van der Waals surface area contributed by atoms with E-state index in [1.807, 2.05) is 30.3 Å². The molecule has 0 aromatic heterocycles. The van der Waals surface area contributed by atoms with Crippen molar-refractivity contribution in [2.75, 3.05) is 20.7 Å². The van der Waals surface area contributed by atoms with Gasteiger partial charge in [0.05, 0.1) is 0 Å². The van der Waals surface area contributed by atoms with Crippen LogP contribution in [0.1, 0.15) is 24.5 Å².